The van der Waals surface area contributed by atoms with E-state index in [4.69, 9.17) is 4.74 Å². The molecule has 1 amide bonds. The number of carbonyl (C=O) groups is 1. The minimum atomic E-state index is -0.423. The van der Waals surface area contributed by atoms with E-state index in [9.17, 15) is 14.9 Å². The first-order valence-electron chi connectivity index (χ1n) is 9.71. The third-order valence-corrected chi connectivity index (χ3v) is 5.04. The summed E-state index contributed by atoms with van der Waals surface area (Å²) in [5.41, 5.74) is 1.88. The number of nitrogens with one attached hydrogen (secondary N) is 2. The molecular weight excluding hydrogens is 372 g/mol. The Bertz CT molecular complexity index is 841. The van der Waals surface area contributed by atoms with Crippen LogP contribution in [0.2, 0.25) is 0 Å². The first kappa shape index (κ1) is 20.6. The van der Waals surface area contributed by atoms with E-state index in [2.05, 4.69) is 10.6 Å². The number of hydrogen-bond donors (Lipinski definition) is 2. The first-order chi connectivity index (χ1) is 14.1. The van der Waals surface area contributed by atoms with Crippen LogP contribution in [0.15, 0.2) is 48.5 Å². The van der Waals surface area contributed by atoms with Crippen LogP contribution in [-0.4, -0.2) is 49.0 Å². The van der Waals surface area contributed by atoms with Crippen molar-refractivity contribution in [1.29, 1.82) is 0 Å². The number of piperazine rings is 1. The second-order valence-electron chi connectivity index (χ2n) is 6.88. The van der Waals surface area contributed by atoms with E-state index in [0.29, 0.717) is 32.5 Å². The molecule has 3 rings (SSSR count). The summed E-state index contributed by atoms with van der Waals surface area (Å²) in [5.74, 6) is 0.909. The number of rotatable bonds is 8. The van der Waals surface area contributed by atoms with Crippen LogP contribution in [0.25, 0.3) is 0 Å². The summed E-state index contributed by atoms with van der Waals surface area (Å²) in [7, 11) is 1.64. The molecule has 0 radical (unpaired) electrons. The summed E-state index contributed by atoms with van der Waals surface area (Å²) in [4.78, 5) is 25.1. The van der Waals surface area contributed by atoms with Gasteiger partial charge in [-0.05, 0) is 24.6 Å². The molecule has 2 N–H and O–H groups in total. The fraction of sp³-hybridized carbons (Fsp3) is 0.381. The van der Waals surface area contributed by atoms with E-state index in [1.807, 2.05) is 29.2 Å². The SMILES string of the molecule is COc1ccccc1C1CNCCN1C(=O)CCCNc1ccc([N+](=O)[O-])cc1. The molecule has 1 fully saturated rings. The van der Waals surface area contributed by atoms with Gasteiger partial charge in [0.1, 0.15) is 5.75 Å². The van der Waals surface area contributed by atoms with Gasteiger partial charge in [-0.3, -0.25) is 14.9 Å². The van der Waals surface area contributed by atoms with Crippen molar-refractivity contribution in [2.75, 3.05) is 38.6 Å². The average Bonchev–Trinajstić information content (AvgIpc) is 2.76. The van der Waals surface area contributed by atoms with Crippen molar-refractivity contribution in [3.05, 3.63) is 64.2 Å². The number of benzene rings is 2. The Kier molecular flexibility index (Phi) is 7.02. The van der Waals surface area contributed by atoms with Crippen molar-refractivity contribution in [3.8, 4) is 5.75 Å². The molecule has 2 aromatic rings. The van der Waals surface area contributed by atoms with Gasteiger partial charge in [-0.2, -0.15) is 0 Å². The number of ether oxygens (including phenoxy) is 1. The quantitative estimate of drug-likeness (QED) is 0.403. The van der Waals surface area contributed by atoms with Crippen LogP contribution < -0.4 is 15.4 Å². The van der Waals surface area contributed by atoms with Crippen LogP contribution in [0.3, 0.4) is 0 Å². The van der Waals surface area contributed by atoms with E-state index in [1.54, 1.807) is 19.2 Å². The lowest BCUT2D eigenvalue weighted by atomic mass is 10.0. The summed E-state index contributed by atoms with van der Waals surface area (Å²) in [6, 6.07) is 14.0. The van der Waals surface area contributed by atoms with Gasteiger partial charge in [0.2, 0.25) is 5.91 Å². The Hall–Kier alpha value is -3.13. The van der Waals surface area contributed by atoms with E-state index in [0.717, 1.165) is 23.5 Å². The van der Waals surface area contributed by atoms with Gasteiger partial charge >= 0.3 is 0 Å². The summed E-state index contributed by atoms with van der Waals surface area (Å²) in [6.07, 6.45) is 1.12. The first-order valence-corrected chi connectivity index (χ1v) is 9.71. The molecule has 1 saturated heterocycles. The number of methoxy groups -OCH3 is 1. The Labute approximate surface area is 170 Å². The van der Waals surface area contributed by atoms with E-state index >= 15 is 0 Å². The van der Waals surface area contributed by atoms with Crippen molar-refractivity contribution in [2.24, 2.45) is 0 Å². The second kappa shape index (κ2) is 9.88. The standard InChI is InChI=1S/C21H26N4O4/c1-29-20-6-3-2-5-18(20)19-15-22-13-14-24(19)21(26)7-4-12-23-16-8-10-17(11-9-16)25(27)28/h2-3,5-6,8-11,19,22-23H,4,7,12-15H2,1H3. The Morgan fingerprint density at radius 3 is 2.76 bits per heavy atom. The highest BCUT2D eigenvalue weighted by Gasteiger charge is 2.29. The lowest BCUT2D eigenvalue weighted by Gasteiger charge is -2.37. The van der Waals surface area contributed by atoms with Crippen LogP contribution in [0, 0.1) is 10.1 Å². The van der Waals surface area contributed by atoms with Crippen molar-refractivity contribution in [3.63, 3.8) is 0 Å². The monoisotopic (exact) mass is 398 g/mol. The Morgan fingerprint density at radius 2 is 2.03 bits per heavy atom. The van der Waals surface area contributed by atoms with Crippen molar-refractivity contribution in [1.82, 2.24) is 10.2 Å². The van der Waals surface area contributed by atoms with Crippen molar-refractivity contribution >= 4 is 17.3 Å². The van der Waals surface area contributed by atoms with Gasteiger partial charge in [0.15, 0.2) is 0 Å². The van der Waals surface area contributed by atoms with E-state index < -0.39 is 4.92 Å². The average molecular weight is 398 g/mol. The molecule has 0 aromatic heterocycles. The number of anilines is 1. The zero-order valence-electron chi connectivity index (χ0n) is 16.5. The fourth-order valence-corrected chi connectivity index (χ4v) is 3.54. The molecule has 0 spiro atoms. The molecule has 0 bridgehead atoms. The number of para-hydroxylation sites is 1. The highest BCUT2D eigenvalue weighted by Crippen LogP contribution is 2.30. The van der Waals surface area contributed by atoms with Gasteiger partial charge in [-0.1, -0.05) is 18.2 Å². The van der Waals surface area contributed by atoms with Gasteiger partial charge in [-0.25, -0.2) is 0 Å². The number of nitrogens with zero attached hydrogens (tertiary/aromatic N) is 2. The molecule has 29 heavy (non-hydrogen) atoms. The smallest absolute Gasteiger partial charge is 0.269 e. The summed E-state index contributed by atoms with van der Waals surface area (Å²) < 4.78 is 5.48. The maximum absolute atomic E-state index is 12.9. The van der Waals surface area contributed by atoms with Crippen LogP contribution in [0.4, 0.5) is 11.4 Å². The molecule has 2 aromatic carbocycles. The fourth-order valence-electron chi connectivity index (χ4n) is 3.54. The zero-order chi connectivity index (χ0) is 20.6. The van der Waals surface area contributed by atoms with Crippen LogP contribution in [-0.2, 0) is 4.79 Å². The third-order valence-electron chi connectivity index (χ3n) is 5.04. The van der Waals surface area contributed by atoms with Gasteiger partial charge < -0.3 is 20.3 Å². The van der Waals surface area contributed by atoms with E-state index in [1.165, 1.54) is 12.1 Å². The highest BCUT2D eigenvalue weighted by atomic mass is 16.6. The molecule has 0 saturated carbocycles. The van der Waals surface area contributed by atoms with Crippen molar-refractivity contribution in [2.45, 2.75) is 18.9 Å². The molecule has 0 aliphatic carbocycles. The van der Waals surface area contributed by atoms with Crippen LogP contribution >= 0.6 is 0 Å². The minimum absolute atomic E-state index is 0.0463. The van der Waals surface area contributed by atoms with E-state index in [-0.39, 0.29) is 17.6 Å². The minimum Gasteiger partial charge on any atom is -0.496 e. The number of non-ortho nitro benzene ring substituents is 1. The number of hydrogen-bond acceptors (Lipinski definition) is 6. The summed E-state index contributed by atoms with van der Waals surface area (Å²) >= 11 is 0. The molecule has 1 unspecified atom stereocenters. The van der Waals surface area contributed by atoms with Gasteiger partial charge in [0, 0.05) is 56.0 Å². The molecule has 1 aliphatic rings. The number of nitro benzene ring substituents is 1. The highest BCUT2D eigenvalue weighted by molar-refractivity contribution is 5.77. The number of amides is 1. The summed E-state index contributed by atoms with van der Waals surface area (Å²) in [5, 5.41) is 17.3. The van der Waals surface area contributed by atoms with Gasteiger partial charge in [0.25, 0.3) is 5.69 Å². The molecule has 1 heterocycles. The number of carbonyl (C=O) groups excluding carboxylic acids is 1. The molecular formula is C21H26N4O4. The Morgan fingerprint density at radius 1 is 1.28 bits per heavy atom. The molecule has 8 heteroatoms. The predicted molar refractivity (Wildman–Crippen MR) is 111 cm³/mol. The maximum Gasteiger partial charge on any atom is 0.269 e. The molecule has 8 nitrogen and oxygen atoms in total. The van der Waals surface area contributed by atoms with Crippen LogP contribution in [0.5, 0.6) is 5.75 Å². The lowest BCUT2D eigenvalue weighted by molar-refractivity contribution is -0.384. The molecule has 1 atom stereocenters. The van der Waals surface area contributed by atoms with Gasteiger partial charge in [0.05, 0.1) is 18.1 Å². The lowest BCUT2D eigenvalue weighted by Crippen LogP contribution is -2.48. The second-order valence-corrected chi connectivity index (χ2v) is 6.88. The normalized spacial score (nSPS) is 16.3. The maximum atomic E-state index is 12.9. The predicted octanol–water partition coefficient (Wildman–Crippen LogP) is 2.97. The summed E-state index contributed by atoms with van der Waals surface area (Å²) in [6.45, 7) is 2.76. The molecule has 1 aliphatic heterocycles. The Balaban J connectivity index is 1.54. The van der Waals surface area contributed by atoms with Gasteiger partial charge in [-0.15, -0.1) is 0 Å². The topological polar surface area (TPSA) is 96.7 Å². The largest absolute Gasteiger partial charge is 0.496 e. The van der Waals surface area contributed by atoms with Crippen LogP contribution in [0.1, 0.15) is 24.4 Å². The zero-order valence-corrected chi connectivity index (χ0v) is 16.5. The third kappa shape index (κ3) is 5.23. The number of nitro groups is 1. The molecule has 154 valence electrons. The van der Waals surface area contributed by atoms with Crippen molar-refractivity contribution < 1.29 is 14.5 Å².